The lowest BCUT2D eigenvalue weighted by Crippen LogP contribution is -2.23. The Morgan fingerprint density at radius 1 is 1.35 bits per heavy atom. The van der Waals surface area contributed by atoms with E-state index in [-0.39, 0.29) is 15.6 Å². The maximum absolute atomic E-state index is 12.0. The summed E-state index contributed by atoms with van der Waals surface area (Å²) in [6, 6.07) is 2.85. The summed E-state index contributed by atoms with van der Waals surface area (Å²) >= 11 is 0.919. The molecule has 0 amide bonds. The van der Waals surface area contributed by atoms with Gasteiger partial charge < -0.3 is 0 Å². The predicted octanol–water partition coefficient (Wildman–Crippen LogP) is -0.0945. The predicted molar refractivity (Wildman–Crippen MR) is 73.0 cm³/mol. The number of aryl methyl sites for hydroxylation is 1. The second-order valence-electron chi connectivity index (χ2n) is 3.95. The molecule has 0 aliphatic rings. The Morgan fingerprint density at radius 3 is 2.55 bits per heavy atom. The van der Waals surface area contributed by atoms with Crippen molar-refractivity contribution in [2.24, 2.45) is 5.14 Å². The third-order valence-corrected chi connectivity index (χ3v) is 6.47. The van der Waals surface area contributed by atoms with Crippen LogP contribution in [0.15, 0.2) is 27.4 Å². The number of rotatable bonds is 5. The van der Waals surface area contributed by atoms with Crippen molar-refractivity contribution in [2.75, 3.05) is 0 Å². The van der Waals surface area contributed by atoms with Crippen LogP contribution in [0.2, 0.25) is 0 Å². The number of nitrogens with two attached hydrogens (primary N) is 1. The number of H-pyrrole nitrogens is 1. The summed E-state index contributed by atoms with van der Waals surface area (Å²) in [6.07, 6.45) is 1.21. The summed E-state index contributed by atoms with van der Waals surface area (Å²) in [5, 5.41) is 11.2. The maximum atomic E-state index is 12.0. The molecular formula is C9H12N4O4S3. The lowest BCUT2D eigenvalue weighted by molar-refractivity contribution is 0.581. The maximum Gasteiger partial charge on any atom is 0.247 e. The zero-order valence-corrected chi connectivity index (χ0v) is 12.8. The van der Waals surface area contributed by atoms with E-state index in [1.54, 1.807) is 6.92 Å². The van der Waals surface area contributed by atoms with Crippen molar-refractivity contribution in [2.45, 2.75) is 22.6 Å². The highest BCUT2D eigenvalue weighted by atomic mass is 32.2. The van der Waals surface area contributed by atoms with Crippen molar-refractivity contribution in [1.82, 2.24) is 14.9 Å². The number of sulfonamides is 2. The van der Waals surface area contributed by atoms with Gasteiger partial charge >= 0.3 is 0 Å². The molecule has 2 aromatic rings. The van der Waals surface area contributed by atoms with E-state index in [1.165, 1.54) is 18.3 Å². The van der Waals surface area contributed by atoms with Gasteiger partial charge in [-0.15, -0.1) is 11.3 Å². The van der Waals surface area contributed by atoms with Crippen LogP contribution >= 0.6 is 11.3 Å². The van der Waals surface area contributed by atoms with Crippen molar-refractivity contribution in [3.63, 3.8) is 0 Å². The first-order valence-electron chi connectivity index (χ1n) is 5.31. The molecule has 0 radical (unpaired) electrons. The smallest absolute Gasteiger partial charge is 0.247 e. The van der Waals surface area contributed by atoms with Crippen LogP contribution < -0.4 is 9.86 Å². The van der Waals surface area contributed by atoms with Crippen LogP contribution in [0.1, 0.15) is 10.6 Å². The number of aromatic nitrogens is 2. The van der Waals surface area contributed by atoms with Gasteiger partial charge in [-0.2, -0.15) is 5.10 Å². The van der Waals surface area contributed by atoms with Crippen LogP contribution in [0.4, 0.5) is 0 Å². The second kappa shape index (κ2) is 5.26. The molecule has 8 nitrogen and oxygen atoms in total. The molecule has 0 saturated heterocycles. The number of primary sulfonamides is 1. The van der Waals surface area contributed by atoms with Crippen molar-refractivity contribution >= 4 is 31.4 Å². The molecule has 2 aromatic heterocycles. The summed E-state index contributed by atoms with van der Waals surface area (Å²) < 4.78 is 48.6. The summed E-state index contributed by atoms with van der Waals surface area (Å²) in [4.78, 5) is 0.597. The van der Waals surface area contributed by atoms with E-state index < -0.39 is 20.0 Å². The average Bonchev–Trinajstić information content (AvgIpc) is 2.94. The first kappa shape index (κ1) is 15.1. The standard InChI is InChI=1S/C9H12N4O4S3/c1-6-8(5-11-13-6)20(16,17)12-4-7-2-3-9(18-7)19(10,14)15/h2-3,5,12H,4H2,1H3,(H,11,13)(H2,10,14,15). The number of hydrogen-bond donors (Lipinski definition) is 3. The molecule has 20 heavy (non-hydrogen) atoms. The monoisotopic (exact) mass is 336 g/mol. The summed E-state index contributed by atoms with van der Waals surface area (Å²) in [5.41, 5.74) is 0.425. The zero-order chi connectivity index (χ0) is 15.0. The minimum atomic E-state index is -3.76. The van der Waals surface area contributed by atoms with Gasteiger partial charge in [-0.1, -0.05) is 0 Å². The molecule has 110 valence electrons. The molecule has 0 bridgehead atoms. The molecule has 0 aliphatic carbocycles. The molecule has 4 N–H and O–H groups in total. The SMILES string of the molecule is Cc1[nH]ncc1S(=O)(=O)NCc1ccc(S(N)(=O)=O)s1. The fourth-order valence-electron chi connectivity index (χ4n) is 1.46. The van der Waals surface area contributed by atoms with Crippen LogP contribution in [0.25, 0.3) is 0 Å². The van der Waals surface area contributed by atoms with E-state index in [0.717, 1.165) is 11.3 Å². The third-order valence-electron chi connectivity index (χ3n) is 2.43. The number of nitrogens with one attached hydrogen (secondary N) is 2. The fourth-order valence-corrected chi connectivity index (χ4v) is 4.41. The summed E-state index contributed by atoms with van der Waals surface area (Å²) in [5.74, 6) is 0. The molecule has 0 atom stereocenters. The molecule has 0 aliphatic heterocycles. The van der Waals surface area contributed by atoms with E-state index in [1.807, 2.05) is 0 Å². The van der Waals surface area contributed by atoms with Crippen LogP contribution in [0.3, 0.4) is 0 Å². The molecule has 0 saturated carbocycles. The lowest BCUT2D eigenvalue weighted by Gasteiger charge is -2.03. The Balaban J connectivity index is 2.13. The Labute approximate surface area is 120 Å². The first-order valence-corrected chi connectivity index (χ1v) is 9.16. The highest BCUT2D eigenvalue weighted by molar-refractivity contribution is 7.91. The van der Waals surface area contributed by atoms with Crippen LogP contribution in [-0.4, -0.2) is 27.0 Å². The molecule has 0 aromatic carbocycles. The van der Waals surface area contributed by atoms with Crippen molar-refractivity contribution in [3.05, 3.63) is 28.9 Å². The Kier molecular flexibility index (Phi) is 3.97. The fraction of sp³-hybridized carbons (Fsp3) is 0.222. The number of nitrogens with zero attached hydrogens (tertiary/aromatic N) is 1. The molecule has 0 unspecified atom stereocenters. The second-order valence-corrected chi connectivity index (χ2v) is 8.64. The molecule has 2 rings (SSSR count). The first-order chi connectivity index (χ1) is 9.20. The van der Waals surface area contributed by atoms with Crippen LogP contribution in [0, 0.1) is 6.92 Å². The molecule has 0 fully saturated rings. The molecule has 2 heterocycles. The van der Waals surface area contributed by atoms with Crippen LogP contribution in [-0.2, 0) is 26.6 Å². The molecule has 11 heteroatoms. The quantitative estimate of drug-likeness (QED) is 0.701. The summed E-state index contributed by atoms with van der Waals surface area (Å²) in [6.45, 7) is 1.57. The van der Waals surface area contributed by atoms with Gasteiger partial charge in [0.1, 0.15) is 9.10 Å². The van der Waals surface area contributed by atoms with Crippen molar-refractivity contribution in [1.29, 1.82) is 0 Å². The van der Waals surface area contributed by atoms with Gasteiger partial charge in [-0.25, -0.2) is 26.7 Å². The van der Waals surface area contributed by atoms with Gasteiger partial charge in [-0.3, -0.25) is 5.10 Å². The number of aromatic amines is 1. The highest BCUT2D eigenvalue weighted by Gasteiger charge is 2.19. The minimum absolute atomic E-state index is 0.00816. The minimum Gasteiger partial charge on any atom is -0.281 e. The lowest BCUT2D eigenvalue weighted by atomic mass is 10.5. The highest BCUT2D eigenvalue weighted by Crippen LogP contribution is 2.21. The van der Waals surface area contributed by atoms with Crippen molar-refractivity contribution in [3.8, 4) is 0 Å². The number of hydrogen-bond acceptors (Lipinski definition) is 6. The van der Waals surface area contributed by atoms with Gasteiger partial charge in [0.05, 0.1) is 11.9 Å². The topological polar surface area (TPSA) is 135 Å². The van der Waals surface area contributed by atoms with Gasteiger partial charge in [0.2, 0.25) is 20.0 Å². The third kappa shape index (κ3) is 3.24. The molecule has 0 spiro atoms. The largest absolute Gasteiger partial charge is 0.281 e. The van der Waals surface area contributed by atoms with Crippen molar-refractivity contribution < 1.29 is 16.8 Å². The average molecular weight is 336 g/mol. The van der Waals surface area contributed by atoms with Gasteiger partial charge in [0.25, 0.3) is 0 Å². The summed E-state index contributed by atoms with van der Waals surface area (Å²) in [7, 11) is -7.45. The van der Waals surface area contributed by atoms with E-state index in [4.69, 9.17) is 5.14 Å². The van der Waals surface area contributed by atoms with E-state index in [9.17, 15) is 16.8 Å². The van der Waals surface area contributed by atoms with Gasteiger partial charge in [0.15, 0.2) is 0 Å². The zero-order valence-electron chi connectivity index (χ0n) is 10.3. The van der Waals surface area contributed by atoms with E-state index in [0.29, 0.717) is 10.6 Å². The number of thiophene rings is 1. The van der Waals surface area contributed by atoms with E-state index >= 15 is 0 Å². The van der Waals surface area contributed by atoms with Gasteiger partial charge in [0, 0.05) is 11.4 Å². The Morgan fingerprint density at radius 2 is 2.05 bits per heavy atom. The van der Waals surface area contributed by atoms with Gasteiger partial charge in [-0.05, 0) is 19.1 Å². The van der Waals surface area contributed by atoms with E-state index in [2.05, 4.69) is 14.9 Å². The normalized spacial score (nSPS) is 12.7. The van der Waals surface area contributed by atoms with Crippen LogP contribution in [0.5, 0.6) is 0 Å². The Bertz CT molecular complexity index is 819. The molecular weight excluding hydrogens is 324 g/mol. The Hall–Kier alpha value is -1.27.